The number of primary amides is 1. The van der Waals surface area contributed by atoms with E-state index in [1.54, 1.807) is 12.1 Å². The van der Waals surface area contributed by atoms with Gasteiger partial charge in [0.25, 0.3) is 0 Å². The van der Waals surface area contributed by atoms with Gasteiger partial charge < -0.3 is 25.5 Å². The number of nitrogens with one attached hydrogen (secondary N) is 1. The van der Waals surface area contributed by atoms with Gasteiger partial charge in [0.1, 0.15) is 11.8 Å². The third kappa shape index (κ3) is 5.01. The Labute approximate surface area is 115 Å². The largest absolute Gasteiger partial charge is 0.480 e. The van der Waals surface area contributed by atoms with Crippen LogP contribution in [0.3, 0.4) is 0 Å². The van der Waals surface area contributed by atoms with Gasteiger partial charge in [-0.3, -0.25) is 4.79 Å². The van der Waals surface area contributed by atoms with E-state index in [9.17, 15) is 14.4 Å². The number of carboxylic acids is 1. The number of aliphatic carboxylic acids is 1. The summed E-state index contributed by atoms with van der Waals surface area (Å²) in [5.74, 6) is -1.26. The molecular weight excluding hydrogens is 266 g/mol. The van der Waals surface area contributed by atoms with E-state index in [0.717, 1.165) is 0 Å². The van der Waals surface area contributed by atoms with Gasteiger partial charge >= 0.3 is 12.0 Å². The molecule has 0 spiro atoms. The van der Waals surface area contributed by atoms with Crippen molar-refractivity contribution >= 4 is 17.9 Å². The first kappa shape index (κ1) is 15.5. The molecule has 3 amide bonds. The monoisotopic (exact) mass is 283 g/mol. The van der Waals surface area contributed by atoms with Crippen molar-refractivity contribution in [2.45, 2.75) is 25.4 Å². The fraction of sp³-hybridized carbons (Fsp3) is 0.417. The number of carboxylic acid groups (broad SMARTS) is 1. The molecule has 8 heteroatoms. The zero-order valence-corrected chi connectivity index (χ0v) is 11.0. The number of nitrogens with zero attached hydrogens (tertiary/aromatic N) is 1. The van der Waals surface area contributed by atoms with Gasteiger partial charge in [-0.25, -0.2) is 9.59 Å². The summed E-state index contributed by atoms with van der Waals surface area (Å²) in [6.45, 7) is 0.209. The Bertz CT molecular complexity index is 471. The van der Waals surface area contributed by atoms with Crippen LogP contribution in [0.5, 0.6) is 0 Å². The van der Waals surface area contributed by atoms with Crippen LogP contribution in [-0.4, -0.2) is 41.0 Å². The van der Waals surface area contributed by atoms with Crippen molar-refractivity contribution in [1.29, 1.82) is 0 Å². The topological polar surface area (TPSA) is 126 Å². The second kappa shape index (κ2) is 7.17. The number of carbonyl (C=O) groups excluding carboxylic acids is 2. The summed E-state index contributed by atoms with van der Waals surface area (Å²) in [5, 5.41) is 11.3. The molecule has 0 radical (unpaired) electrons. The van der Waals surface area contributed by atoms with Crippen LogP contribution in [-0.2, 0) is 16.1 Å². The lowest BCUT2D eigenvalue weighted by atomic mass is 10.1. The van der Waals surface area contributed by atoms with Crippen molar-refractivity contribution in [1.82, 2.24) is 10.2 Å². The Morgan fingerprint density at radius 2 is 2.20 bits per heavy atom. The minimum absolute atomic E-state index is 0.0506. The van der Waals surface area contributed by atoms with Crippen LogP contribution in [0.25, 0.3) is 0 Å². The number of amides is 3. The first-order valence-corrected chi connectivity index (χ1v) is 5.95. The zero-order chi connectivity index (χ0) is 15.1. The number of hydrogen-bond donors (Lipinski definition) is 3. The second-order valence-electron chi connectivity index (χ2n) is 4.28. The molecule has 1 rings (SSSR count). The van der Waals surface area contributed by atoms with E-state index < -0.39 is 23.9 Å². The molecule has 1 atom stereocenters. The van der Waals surface area contributed by atoms with Gasteiger partial charge in [0.15, 0.2) is 0 Å². The molecule has 4 N–H and O–H groups in total. The van der Waals surface area contributed by atoms with Crippen LogP contribution in [0.15, 0.2) is 22.8 Å². The van der Waals surface area contributed by atoms with Crippen molar-refractivity contribution in [2.75, 3.05) is 7.05 Å². The smallest absolute Gasteiger partial charge is 0.326 e. The third-order valence-corrected chi connectivity index (χ3v) is 2.60. The van der Waals surface area contributed by atoms with E-state index in [1.165, 1.54) is 18.2 Å². The molecule has 0 aliphatic carbocycles. The highest BCUT2D eigenvalue weighted by atomic mass is 16.4. The second-order valence-corrected chi connectivity index (χ2v) is 4.28. The molecule has 8 nitrogen and oxygen atoms in total. The standard InChI is InChI=1S/C12H17N3O5/c1-15(7-8-3-2-6-20-8)12(19)14-9(11(17)18)4-5-10(13)16/h2-3,6,9H,4-5,7H2,1H3,(H2,13,16)(H,14,19)(H,17,18). The van der Waals surface area contributed by atoms with Crippen molar-refractivity contribution in [2.24, 2.45) is 5.73 Å². The predicted octanol–water partition coefficient (Wildman–Crippen LogP) is 0.140. The molecule has 110 valence electrons. The molecule has 1 aromatic rings. The van der Waals surface area contributed by atoms with Crippen LogP contribution in [0.2, 0.25) is 0 Å². The van der Waals surface area contributed by atoms with E-state index in [4.69, 9.17) is 15.3 Å². The molecule has 1 heterocycles. The van der Waals surface area contributed by atoms with Gasteiger partial charge in [-0.05, 0) is 18.6 Å². The van der Waals surface area contributed by atoms with Gasteiger partial charge in [0.05, 0.1) is 12.8 Å². The van der Waals surface area contributed by atoms with E-state index in [2.05, 4.69) is 5.32 Å². The Kier molecular flexibility index (Phi) is 5.57. The fourth-order valence-corrected chi connectivity index (χ4v) is 1.51. The van der Waals surface area contributed by atoms with E-state index in [-0.39, 0.29) is 19.4 Å². The lowest BCUT2D eigenvalue weighted by Crippen LogP contribution is -2.46. The van der Waals surface area contributed by atoms with Gasteiger partial charge in [0, 0.05) is 13.5 Å². The highest BCUT2D eigenvalue weighted by Crippen LogP contribution is 2.05. The number of nitrogens with two attached hydrogens (primary N) is 1. The Hall–Kier alpha value is -2.51. The molecule has 0 aliphatic rings. The summed E-state index contributed by atoms with van der Waals surface area (Å²) in [6.07, 6.45) is 1.32. The number of furan rings is 1. The molecule has 0 aromatic carbocycles. The lowest BCUT2D eigenvalue weighted by Gasteiger charge is -2.20. The number of urea groups is 1. The molecule has 0 saturated carbocycles. The molecule has 0 saturated heterocycles. The third-order valence-electron chi connectivity index (χ3n) is 2.60. The SMILES string of the molecule is CN(Cc1ccco1)C(=O)NC(CCC(N)=O)C(=O)O. The highest BCUT2D eigenvalue weighted by molar-refractivity contribution is 5.83. The maximum Gasteiger partial charge on any atom is 0.326 e. The van der Waals surface area contributed by atoms with Crippen molar-refractivity contribution < 1.29 is 23.9 Å². The van der Waals surface area contributed by atoms with Crippen LogP contribution in [0.1, 0.15) is 18.6 Å². The van der Waals surface area contributed by atoms with Crippen LogP contribution < -0.4 is 11.1 Å². The maximum absolute atomic E-state index is 11.8. The fourth-order valence-electron chi connectivity index (χ4n) is 1.51. The highest BCUT2D eigenvalue weighted by Gasteiger charge is 2.22. The molecule has 0 bridgehead atoms. The lowest BCUT2D eigenvalue weighted by molar-refractivity contribution is -0.139. The van der Waals surface area contributed by atoms with Crippen LogP contribution in [0.4, 0.5) is 4.79 Å². The molecule has 1 unspecified atom stereocenters. The summed E-state index contributed by atoms with van der Waals surface area (Å²) in [4.78, 5) is 34.7. The Morgan fingerprint density at radius 3 is 2.70 bits per heavy atom. The van der Waals surface area contributed by atoms with Crippen LogP contribution in [0, 0.1) is 0 Å². The zero-order valence-electron chi connectivity index (χ0n) is 11.0. The summed E-state index contributed by atoms with van der Waals surface area (Å²) in [5.41, 5.74) is 4.95. The molecule has 0 fully saturated rings. The van der Waals surface area contributed by atoms with Gasteiger partial charge in [-0.2, -0.15) is 0 Å². The van der Waals surface area contributed by atoms with Crippen LogP contribution >= 0.6 is 0 Å². The van der Waals surface area contributed by atoms with Crippen molar-refractivity contribution in [3.8, 4) is 0 Å². The minimum Gasteiger partial charge on any atom is -0.480 e. The average molecular weight is 283 g/mol. The number of rotatable bonds is 7. The number of carbonyl (C=O) groups is 3. The molecule has 20 heavy (non-hydrogen) atoms. The quantitative estimate of drug-likeness (QED) is 0.656. The first-order valence-electron chi connectivity index (χ1n) is 5.95. The Morgan fingerprint density at radius 1 is 1.50 bits per heavy atom. The summed E-state index contributed by atoms with van der Waals surface area (Å²) < 4.78 is 5.09. The summed E-state index contributed by atoms with van der Waals surface area (Å²) in [6, 6.07) is 1.66. The van der Waals surface area contributed by atoms with Gasteiger partial charge in [0.2, 0.25) is 5.91 Å². The maximum atomic E-state index is 11.8. The molecule has 0 aliphatic heterocycles. The van der Waals surface area contributed by atoms with E-state index in [0.29, 0.717) is 5.76 Å². The predicted molar refractivity (Wildman–Crippen MR) is 68.6 cm³/mol. The van der Waals surface area contributed by atoms with E-state index >= 15 is 0 Å². The molecular formula is C12H17N3O5. The van der Waals surface area contributed by atoms with E-state index in [1.807, 2.05) is 0 Å². The van der Waals surface area contributed by atoms with Gasteiger partial charge in [-0.1, -0.05) is 0 Å². The first-order chi connectivity index (χ1) is 9.40. The average Bonchev–Trinajstić information content (AvgIpc) is 2.86. The minimum atomic E-state index is -1.22. The van der Waals surface area contributed by atoms with Crippen molar-refractivity contribution in [3.05, 3.63) is 24.2 Å². The van der Waals surface area contributed by atoms with Gasteiger partial charge in [-0.15, -0.1) is 0 Å². The van der Waals surface area contributed by atoms with Crippen molar-refractivity contribution in [3.63, 3.8) is 0 Å². The summed E-state index contributed by atoms with van der Waals surface area (Å²) >= 11 is 0. The normalized spacial score (nSPS) is 11.7. The Balaban J connectivity index is 2.52. The molecule has 1 aromatic heterocycles. The summed E-state index contributed by atoms with van der Waals surface area (Å²) in [7, 11) is 1.50. The number of hydrogen-bond acceptors (Lipinski definition) is 4.